The van der Waals surface area contributed by atoms with Gasteiger partial charge >= 0.3 is 29.6 Å². The number of hydrogen-bond acceptors (Lipinski definition) is 4. The van der Waals surface area contributed by atoms with Gasteiger partial charge in [-0.1, -0.05) is 29.3 Å². The van der Waals surface area contributed by atoms with Crippen LogP contribution in [0.2, 0.25) is 10.0 Å². The van der Waals surface area contributed by atoms with Crippen molar-refractivity contribution in [2.75, 3.05) is 6.54 Å². The van der Waals surface area contributed by atoms with Crippen molar-refractivity contribution in [1.82, 2.24) is 9.79 Å². The molecule has 0 unspecified atom stereocenters. The molecule has 0 bridgehead atoms. The summed E-state index contributed by atoms with van der Waals surface area (Å²) >= 11 is 12.2. The number of halogens is 3. The Balaban J connectivity index is 0.00000392. The number of amides is 1. The van der Waals surface area contributed by atoms with Crippen molar-refractivity contribution in [1.29, 1.82) is 0 Å². The summed E-state index contributed by atoms with van der Waals surface area (Å²) in [4.78, 5) is 11.2. The fourth-order valence-corrected chi connectivity index (χ4v) is 4.36. The third kappa shape index (κ3) is 6.14. The standard InChI is InChI=1S/C17H16Cl2FN2O4S.Na/c1-11-9-12(5-6-16(11)20)27(25,26)22(8-7-17(23)21-24)10-13-14(18)3-2-4-15(13)19;/h2-6,9H,7-8,10H2,1H3,(H-,21,23,24);/q-1;+1. The Morgan fingerprint density at radius 3 is 2.36 bits per heavy atom. The second kappa shape index (κ2) is 10.9. The molecule has 1 amide bonds. The average Bonchev–Trinajstić information content (AvgIpc) is 2.62. The molecular formula is C17H16Cl2FN2NaO4S. The van der Waals surface area contributed by atoms with Gasteiger partial charge in [0.1, 0.15) is 5.82 Å². The van der Waals surface area contributed by atoms with E-state index in [1.165, 1.54) is 18.5 Å². The first-order valence-corrected chi connectivity index (χ1v) is 9.96. The van der Waals surface area contributed by atoms with Crippen LogP contribution in [-0.2, 0) is 21.4 Å². The van der Waals surface area contributed by atoms with Gasteiger partial charge in [0.2, 0.25) is 15.9 Å². The molecule has 2 aromatic rings. The van der Waals surface area contributed by atoms with E-state index in [9.17, 15) is 22.8 Å². The van der Waals surface area contributed by atoms with Gasteiger partial charge in [0.15, 0.2) is 0 Å². The number of hydroxylamine groups is 1. The van der Waals surface area contributed by atoms with Gasteiger partial charge < -0.3 is 10.7 Å². The van der Waals surface area contributed by atoms with Crippen molar-refractivity contribution >= 4 is 39.1 Å². The van der Waals surface area contributed by atoms with Crippen LogP contribution in [0.1, 0.15) is 17.5 Å². The van der Waals surface area contributed by atoms with Gasteiger partial charge in [-0.3, -0.25) is 4.79 Å². The molecule has 1 N–H and O–H groups in total. The fourth-order valence-electron chi connectivity index (χ4n) is 2.35. The van der Waals surface area contributed by atoms with E-state index in [1.807, 2.05) is 0 Å². The summed E-state index contributed by atoms with van der Waals surface area (Å²) in [6, 6.07) is 8.10. The van der Waals surface area contributed by atoms with E-state index >= 15 is 0 Å². The maximum atomic E-state index is 13.5. The number of hydrogen-bond donors (Lipinski definition) is 1. The Morgan fingerprint density at radius 2 is 1.82 bits per heavy atom. The van der Waals surface area contributed by atoms with Gasteiger partial charge in [0.05, 0.1) is 4.90 Å². The zero-order chi connectivity index (χ0) is 20.2. The van der Waals surface area contributed by atoms with Gasteiger partial charge in [-0.15, -0.1) is 0 Å². The summed E-state index contributed by atoms with van der Waals surface area (Å²) in [5.74, 6) is -1.41. The number of carbonyl (C=O) groups excluding carboxylic acids is 1. The van der Waals surface area contributed by atoms with Crippen LogP contribution in [0.25, 0.3) is 0 Å². The number of nitrogens with zero attached hydrogens (tertiary/aromatic N) is 1. The fraction of sp³-hybridized carbons (Fsp3) is 0.235. The second-order valence-electron chi connectivity index (χ2n) is 5.73. The Kier molecular flexibility index (Phi) is 9.85. The van der Waals surface area contributed by atoms with Crippen molar-refractivity contribution in [3.8, 4) is 0 Å². The average molecular weight is 457 g/mol. The largest absolute Gasteiger partial charge is 1.00 e. The van der Waals surface area contributed by atoms with E-state index < -0.39 is 21.7 Å². The molecule has 6 nitrogen and oxygen atoms in total. The second-order valence-corrected chi connectivity index (χ2v) is 8.48. The Labute approximate surface area is 194 Å². The van der Waals surface area contributed by atoms with Crippen LogP contribution < -0.4 is 35.0 Å². The first kappa shape index (κ1) is 25.3. The number of benzene rings is 2. The smallest absolute Gasteiger partial charge is 0.759 e. The Bertz CT molecular complexity index is 940. The van der Waals surface area contributed by atoms with Crippen LogP contribution in [0.5, 0.6) is 0 Å². The molecule has 0 spiro atoms. The Morgan fingerprint density at radius 1 is 1.21 bits per heavy atom. The molecule has 146 valence electrons. The molecule has 0 aromatic heterocycles. The van der Waals surface area contributed by atoms with Crippen LogP contribution in [0.4, 0.5) is 4.39 Å². The number of sulfonamides is 1. The van der Waals surface area contributed by atoms with E-state index in [2.05, 4.69) is 0 Å². The minimum atomic E-state index is -4.11. The molecule has 0 aliphatic heterocycles. The summed E-state index contributed by atoms with van der Waals surface area (Å²) in [5.41, 5.74) is 1.71. The molecule has 0 atom stereocenters. The van der Waals surface area contributed by atoms with E-state index in [0.717, 1.165) is 16.4 Å². The normalized spacial score (nSPS) is 11.2. The third-order valence-corrected chi connectivity index (χ3v) is 6.41. The minimum Gasteiger partial charge on any atom is -0.759 e. The molecule has 0 saturated carbocycles. The summed E-state index contributed by atoms with van der Waals surface area (Å²) < 4.78 is 40.5. The predicted molar refractivity (Wildman–Crippen MR) is 101 cm³/mol. The van der Waals surface area contributed by atoms with E-state index in [4.69, 9.17) is 23.2 Å². The van der Waals surface area contributed by atoms with Crippen molar-refractivity contribution in [2.45, 2.75) is 24.8 Å². The van der Waals surface area contributed by atoms with Gasteiger partial charge in [-0.05, 0) is 42.8 Å². The molecule has 0 aliphatic carbocycles. The first-order valence-electron chi connectivity index (χ1n) is 7.77. The molecule has 28 heavy (non-hydrogen) atoms. The van der Waals surface area contributed by atoms with E-state index in [0.29, 0.717) is 5.56 Å². The summed E-state index contributed by atoms with van der Waals surface area (Å²) in [6.07, 6.45) is -0.356. The SMILES string of the molecule is Cc1cc(S(=O)(=O)N(CCC(=O)N[O-])Cc2c(Cl)cccc2Cl)ccc1F.[Na+]. The van der Waals surface area contributed by atoms with Crippen molar-refractivity contribution in [2.24, 2.45) is 0 Å². The Hall–Kier alpha value is -0.710. The van der Waals surface area contributed by atoms with Gasteiger partial charge in [-0.2, -0.15) is 4.31 Å². The van der Waals surface area contributed by atoms with Gasteiger partial charge in [0, 0.05) is 35.1 Å². The van der Waals surface area contributed by atoms with Crippen LogP contribution in [0.15, 0.2) is 41.3 Å². The molecule has 0 fully saturated rings. The summed E-state index contributed by atoms with van der Waals surface area (Å²) in [6.45, 7) is 0.937. The first-order chi connectivity index (χ1) is 12.7. The zero-order valence-electron chi connectivity index (χ0n) is 15.2. The van der Waals surface area contributed by atoms with Crippen LogP contribution >= 0.6 is 23.2 Å². The third-order valence-electron chi connectivity index (χ3n) is 3.87. The topological polar surface area (TPSA) is 89.5 Å². The van der Waals surface area contributed by atoms with Gasteiger partial charge in [0.25, 0.3) is 0 Å². The summed E-state index contributed by atoms with van der Waals surface area (Å²) in [7, 11) is -4.11. The number of carbonyl (C=O) groups is 1. The van der Waals surface area contributed by atoms with E-state index in [1.54, 1.807) is 18.2 Å². The van der Waals surface area contributed by atoms with Crippen molar-refractivity contribution in [3.63, 3.8) is 0 Å². The van der Waals surface area contributed by atoms with Crippen LogP contribution in [0.3, 0.4) is 0 Å². The molecule has 0 heterocycles. The number of aryl methyl sites for hydroxylation is 1. The number of nitrogens with one attached hydrogen (secondary N) is 1. The van der Waals surface area contributed by atoms with E-state index in [-0.39, 0.29) is 69.6 Å². The predicted octanol–water partition coefficient (Wildman–Crippen LogP) is 0.640. The molecule has 0 aliphatic rings. The molecule has 2 aromatic carbocycles. The molecular weight excluding hydrogens is 441 g/mol. The minimum absolute atomic E-state index is 0. The maximum Gasteiger partial charge on any atom is 1.00 e. The number of rotatable bonds is 7. The quantitative estimate of drug-likeness (QED) is 0.488. The monoisotopic (exact) mass is 456 g/mol. The molecule has 2 rings (SSSR count). The molecule has 0 radical (unpaired) electrons. The van der Waals surface area contributed by atoms with Crippen molar-refractivity contribution < 1.29 is 47.2 Å². The maximum absolute atomic E-state index is 13.5. The summed E-state index contributed by atoms with van der Waals surface area (Å²) in [5, 5.41) is 11.0. The van der Waals surface area contributed by atoms with Crippen molar-refractivity contribution in [3.05, 3.63) is 68.6 Å². The molecule has 11 heteroatoms. The molecule has 0 saturated heterocycles. The van der Waals surface area contributed by atoms with Crippen LogP contribution in [-0.4, -0.2) is 25.2 Å². The van der Waals surface area contributed by atoms with Crippen LogP contribution in [0, 0.1) is 17.9 Å². The van der Waals surface area contributed by atoms with Gasteiger partial charge in [-0.25, -0.2) is 12.8 Å². The zero-order valence-corrected chi connectivity index (χ0v) is 19.5.